The monoisotopic (exact) mass is 494 g/mol. The lowest BCUT2D eigenvalue weighted by Gasteiger charge is -2.42. The summed E-state index contributed by atoms with van der Waals surface area (Å²) in [5, 5.41) is 0. The van der Waals surface area contributed by atoms with Crippen molar-refractivity contribution < 1.29 is 23.0 Å². The molecular formula is C31H36F2O3. The molecule has 2 fully saturated rings. The Kier molecular flexibility index (Phi) is 8.95. The number of carbonyl (C=O) groups is 1. The molecule has 0 heterocycles. The SMILES string of the molecule is C=CCOc1ccc(OC(=O)c2ccc(C3CCC4CC(CC/C=C/C)CCC4C3)cc2)c(F)c1F. The van der Waals surface area contributed by atoms with Crippen LogP contribution in [0.2, 0.25) is 0 Å². The number of esters is 1. The first-order valence-corrected chi connectivity index (χ1v) is 13.1. The first-order valence-electron chi connectivity index (χ1n) is 13.1. The van der Waals surface area contributed by atoms with E-state index in [1.54, 1.807) is 12.1 Å². The zero-order chi connectivity index (χ0) is 25.5. The number of fused-ring (bicyclic) bond motifs is 1. The number of halogens is 2. The van der Waals surface area contributed by atoms with Crippen molar-refractivity contribution in [3.05, 3.63) is 84.0 Å². The van der Waals surface area contributed by atoms with Crippen LogP contribution >= 0.6 is 0 Å². The van der Waals surface area contributed by atoms with E-state index in [1.165, 1.54) is 75.1 Å². The van der Waals surface area contributed by atoms with Crippen LogP contribution in [0.25, 0.3) is 0 Å². The van der Waals surface area contributed by atoms with Gasteiger partial charge in [-0.25, -0.2) is 4.79 Å². The molecule has 36 heavy (non-hydrogen) atoms. The van der Waals surface area contributed by atoms with Gasteiger partial charge in [-0.05, 0) is 105 Å². The molecule has 5 heteroatoms. The van der Waals surface area contributed by atoms with E-state index in [0.717, 1.165) is 17.8 Å². The van der Waals surface area contributed by atoms with Crippen LogP contribution in [-0.4, -0.2) is 12.6 Å². The Bertz CT molecular complexity index is 1080. The number of carbonyl (C=O) groups excluding carboxylic acids is 1. The second-order valence-electron chi connectivity index (χ2n) is 10.2. The second kappa shape index (κ2) is 12.3. The van der Waals surface area contributed by atoms with Crippen LogP contribution in [0, 0.1) is 29.4 Å². The highest BCUT2D eigenvalue weighted by atomic mass is 19.2. The highest BCUT2D eigenvalue weighted by Crippen LogP contribution is 2.48. The van der Waals surface area contributed by atoms with Gasteiger partial charge < -0.3 is 9.47 Å². The molecule has 192 valence electrons. The maximum absolute atomic E-state index is 14.3. The molecule has 2 aromatic rings. The molecule has 0 aromatic heterocycles. The minimum Gasteiger partial charge on any atom is -0.486 e. The van der Waals surface area contributed by atoms with E-state index in [-0.39, 0.29) is 12.4 Å². The smallest absolute Gasteiger partial charge is 0.343 e. The average molecular weight is 495 g/mol. The van der Waals surface area contributed by atoms with Gasteiger partial charge >= 0.3 is 5.97 Å². The lowest BCUT2D eigenvalue weighted by atomic mass is 9.63. The summed E-state index contributed by atoms with van der Waals surface area (Å²) in [6.07, 6.45) is 16.1. The fraction of sp³-hybridized carbons (Fsp3) is 0.452. The Balaban J connectivity index is 1.33. The Hall–Kier alpha value is -2.95. The van der Waals surface area contributed by atoms with Crippen LogP contribution in [0.15, 0.2) is 61.2 Å². The van der Waals surface area contributed by atoms with E-state index in [1.807, 2.05) is 12.1 Å². The molecule has 0 N–H and O–H groups in total. The number of hydrogen-bond acceptors (Lipinski definition) is 3. The highest BCUT2D eigenvalue weighted by Gasteiger charge is 2.35. The summed E-state index contributed by atoms with van der Waals surface area (Å²) in [7, 11) is 0. The van der Waals surface area contributed by atoms with Gasteiger partial charge in [-0.3, -0.25) is 0 Å². The fourth-order valence-corrected chi connectivity index (χ4v) is 5.95. The van der Waals surface area contributed by atoms with Gasteiger partial charge in [-0.15, -0.1) is 0 Å². The van der Waals surface area contributed by atoms with Crippen molar-refractivity contribution in [1.82, 2.24) is 0 Å². The van der Waals surface area contributed by atoms with Crippen molar-refractivity contribution in [2.24, 2.45) is 17.8 Å². The molecule has 4 atom stereocenters. The van der Waals surface area contributed by atoms with E-state index >= 15 is 0 Å². The summed E-state index contributed by atoms with van der Waals surface area (Å²) in [5.41, 5.74) is 1.54. The van der Waals surface area contributed by atoms with E-state index in [9.17, 15) is 13.6 Å². The molecule has 3 nitrogen and oxygen atoms in total. The number of allylic oxidation sites excluding steroid dienone is 2. The Morgan fingerprint density at radius 2 is 1.67 bits per heavy atom. The summed E-state index contributed by atoms with van der Waals surface area (Å²) >= 11 is 0. The van der Waals surface area contributed by atoms with Gasteiger partial charge in [0, 0.05) is 0 Å². The third kappa shape index (κ3) is 6.24. The predicted octanol–water partition coefficient (Wildman–Crippen LogP) is 8.41. The molecule has 0 saturated heterocycles. The molecule has 0 amide bonds. The van der Waals surface area contributed by atoms with Crippen LogP contribution in [0.1, 0.15) is 80.1 Å². The summed E-state index contributed by atoms with van der Waals surface area (Å²) in [6, 6.07) is 9.83. The van der Waals surface area contributed by atoms with Crippen LogP contribution in [-0.2, 0) is 0 Å². The minimum atomic E-state index is -1.25. The van der Waals surface area contributed by atoms with Crippen molar-refractivity contribution in [3.8, 4) is 11.5 Å². The standard InChI is InChI=1S/C31H36F2O3/c1-3-5-6-7-21-8-9-26-20-25(15-14-24(26)19-21)22-10-12-23(13-11-22)31(34)36-28-17-16-27(35-18-4-2)29(32)30(28)33/h3-5,10-13,16-17,21,24-26H,2,6-9,14-15,18-20H2,1H3/b5-3+. The van der Waals surface area contributed by atoms with Crippen LogP contribution < -0.4 is 9.47 Å². The molecule has 2 aliphatic carbocycles. The van der Waals surface area contributed by atoms with Crippen molar-refractivity contribution in [3.63, 3.8) is 0 Å². The highest BCUT2D eigenvalue weighted by molar-refractivity contribution is 5.91. The number of hydrogen-bond donors (Lipinski definition) is 0. The number of ether oxygens (including phenoxy) is 2. The fourth-order valence-electron chi connectivity index (χ4n) is 5.95. The largest absolute Gasteiger partial charge is 0.486 e. The lowest BCUT2D eigenvalue weighted by molar-refractivity contribution is 0.0726. The molecule has 4 unspecified atom stereocenters. The molecule has 0 spiro atoms. The van der Waals surface area contributed by atoms with Crippen molar-refractivity contribution in [2.75, 3.05) is 6.61 Å². The van der Waals surface area contributed by atoms with Crippen LogP contribution in [0.5, 0.6) is 11.5 Å². The second-order valence-corrected chi connectivity index (χ2v) is 10.2. The first-order chi connectivity index (χ1) is 17.5. The van der Waals surface area contributed by atoms with E-state index in [2.05, 4.69) is 25.7 Å². The van der Waals surface area contributed by atoms with Crippen molar-refractivity contribution in [1.29, 1.82) is 0 Å². The lowest BCUT2D eigenvalue weighted by Crippen LogP contribution is -2.30. The summed E-state index contributed by atoms with van der Waals surface area (Å²) in [4.78, 5) is 12.6. The number of rotatable bonds is 9. The summed E-state index contributed by atoms with van der Waals surface area (Å²) in [6.45, 7) is 5.61. The molecule has 2 aliphatic rings. The molecule has 4 rings (SSSR count). The van der Waals surface area contributed by atoms with Gasteiger partial charge in [0.1, 0.15) is 6.61 Å². The van der Waals surface area contributed by atoms with E-state index in [0.29, 0.717) is 11.5 Å². The quantitative estimate of drug-likeness (QED) is 0.199. The normalized spacial score (nSPS) is 23.8. The molecular weight excluding hydrogens is 458 g/mol. The summed E-state index contributed by atoms with van der Waals surface area (Å²) < 4.78 is 38.7. The van der Waals surface area contributed by atoms with Crippen LogP contribution in [0.4, 0.5) is 8.78 Å². The van der Waals surface area contributed by atoms with Gasteiger partial charge in [-0.1, -0.05) is 43.4 Å². The maximum Gasteiger partial charge on any atom is 0.343 e. The van der Waals surface area contributed by atoms with Crippen LogP contribution in [0.3, 0.4) is 0 Å². The maximum atomic E-state index is 14.3. The van der Waals surface area contributed by atoms with E-state index < -0.39 is 23.4 Å². The predicted molar refractivity (Wildman–Crippen MR) is 138 cm³/mol. The van der Waals surface area contributed by atoms with Gasteiger partial charge in [0.25, 0.3) is 0 Å². The van der Waals surface area contributed by atoms with Crippen molar-refractivity contribution in [2.45, 2.75) is 64.2 Å². The molecule has 2 aromatic carbocycles. The topological polar surface area (TPSA) is 35.5 Å². The minimum absolute atomic E-state index is 0.0433. The molecule has 0 bridgehead atoms. The molecule has 0 radical (unpaired) electrons. The van der Waals surface area contributed by atoms with Crippen molar-refractivity contribution >= 4 is 5.97 Å². The van der Waals surface area contributed by atoms with Gasteiger partial charge in [0.2, 0.25) is 11.6 Å². The Labute approximate surface area is 213 Å². The average Bonchev–Trinajstić information content (AvgIpc) is 2.91. The first kappa shape index (κ1) is 26.1. The number of benzene rings is 2. The van der Waals surface area contributed by atoms with Gasteiger partial charge in [0.05, 0.1) is 5.56 Å². The molecule has 2 saturated carbocycles. The summed E-state index contributed by atoms with van der Waals surface area (Å²) in [5.74, 6) is -0.870. The Morgan fingerprint density at radius 1 is 0.972 bits per heavy atom. The third-order valence-corrected chi connectivity index (χ3v) is 7.89. The van der Waals surface area contributed by atoms with E-state index in [4.69, 9.17) is 9.47 Å². The third-order valence-electron chi connectivity index (χ3n) is 7.89. The zero-order valence-corrected chi connectivity index (χ0v) is 21.1. The Morgan fingerprint density at radius 3 is 2.42 bits per heavy atom. The van der Waals surface area contributed by atoms with Gasteiger partial charge in [0.15, 0.2) is 11.5 Å². The van der Waals surface area contributed by atoms with Gasteiger partial charge in [-0.2, -0.15) is 8.78 Å². The zero-order valence-electron chi connectivity index (χ0n) is 21.1. The molecule has 0 aliphatic heterocycles.